The van der Waals surface area contributed by atoms with Crippen molar-refractivity contribution in [2.45, 2.75) is 25.3 Å². The molecule has 0 aliphatic rings. The third-order valence-corrected chi connectivity index (χ3v) is 4.93. The number of rotatable bonds is 8. The molecule has 0 fully saturated rings. The van der Waals surface area contributed by atoms with Gasteiger partial charge in [-0.25, -0.2) is 13.1 Å². The molecule has 0 atom stereocenters. The molecule has 0 aliphatic carbocycles. The lowest BCUT2D eigenvalue weighted by Gasteiger charge is -2.11. The van der Waals surface area contributed by atoms with Gasteiger partial charge in [0.05, 0.1) is 4.90 Å². The minimum absolute atomic E-state index is 0.379. The maximum absolute atomic E-state index is 12.2. The second-order valence-corrected chi connectivity index (χ2v) is 6.99. The maximum Gasteiger partial charge on any atom is 0.240 e. The van der Waals surface area contributed by atoms with Gasteiger partial charge >= 0.3 is 0 Å². The SMILES string of the molecule is CCNCc1ccc(C)c(S(=O)(=O)NCCSC)c1. The number of benzene rings is 1. The van der Waals surface area contributed by atoms with E-state index in [2.05, 4.69) is 10.0 Å². The third-order valence-electron chi connectivity index (χ3n) is 2.72. The number of nitrogens with one attached hydrogen (secondary N) is 2. The smallest absolute Gasteiger partial charge is 0.240 e. The van der Waals surface area contributed by atoms with Crippen LogP contribution in [0.5, 0.6) is 0 Å². The van der Waals surface area contributed by atoms with Crippen molar-refractivity contribution in [3.8, 4) is 0 Å². The van der Waals surface area contributed by atoms with Crippen molar-refractivity contribution in [2.24, 2.45) is 0 Å². The van der Waals surface area contributed by atoms with Gasteiger partial charge in [-0.1, -0.05) is 19.1 Å². The number of thioether (sulfide) groups is 1. The normalized spacial score (nSPS) is 11.7. The van der Waals surface area contributed by atoms with Crippen LogP contribution in [0, 0.1) is 6.92 Å². The van der Waals surface area contributed by atoms with Gasteiger partial charge in [0.2, 0.25) is 10.0 Å². The van der Waals surface area contributed by atoms with E-state index in [1.807, 2.05) is 32.2 Å². The van der Waals surface area contributed by atoms with Crippen molar-refractivity contribution < 1.29 is 8.42 Å². The monoisotopic (exact) mass is 302 g/mol. The van der Waals surface area contributed by atoms with Crippen molar-refractivity contribution in [2.75, 3.05) is 25.1 Å². The Morgan fingerprint density at radius 3 is 2.68 bits per heavy atom. The summed E-state index contributed by atoms with van der Waals surface area (Å²) in [6.45, 7) is 5.85. The van der Waals surface area contributed by atoms with E-state index >= 15 is 0 Å². The number of hydrogen-bond acceptors (Lipinski definition) is 4. The van der Waals surface area contributed by atoms with Crippen LogP contribution in [0.3, 0.4) is 0 Å². The van der Waals surface area contributed by atoms with Gasteiger partial charge in [0.25, 0.3) is 0 Å². The second-order valence-electron chi connectivity index (χ2n) is 4.27. The highest BCUT2D eigenvalue weighted by Crippen LogP contribution is 2.17. The maximum atomic E-state index is 12.2. The van der Waals surface area contributed by atoms with E-state index < -0.39 is 10.0 Å². The quantitative estimate of drug-likeness (QED) is 0.718. The zero-order valence-electron chi connectivity index (χ0n) is 11.7. The molecule has 108 valence electrons. The summed E-state index contributed by atoms with van der Waals surface area (Å²) in [6, 6.07) is 5.56. The Morgan fingerprint density at radius 1 is 1.32 bits per heavy atom. The van der Waals surface area contributed by atoms with Crippen molar-refractivity contribution in [1.29, 1.82) is 0 Å². The van der Waals surface area contributed by atoms with Crippen LogP contribution in [0.4, 0.5) is 0 Å². The van der Waals surface area contributed by atoms with Gasteiger partial charge in [-0.15, -0.1) is 0 Å². The molecule has 0 heterocycles. The van der Waals surface area contributed by atoms with Gasteiger partial charge in [-0.05, 0) is 36.9 Å². The zero-order chi connectivity index (χ0) is 14.3. The molecule has 1 aromatic rings. The highest BCUT2D eigenvalue weighted by molar-refractivity contribution is 7.98. The van der Waals surface area contributed by atoms with Gasteiger partial charge in [-0.3, -0.25) is 0 Å². The summed E-state index contributed by atoms with van der Waals surface area (Å²) in [6.07, 6.45) is 1.95. The molecule has 1 aromatic carbocycles. The molecule has 0 aromatic heterocycles. The van der Waals surface area contributed by atoms with Crippen LogP contribution in [-0.4, -0.2) is 33.5 Å². The van der Waals surface area contributed by atoms with Crippen LogP contribution in [0.1, 0.15) is 18.1 Å². The Kier molecular flexibility index (Phi) is 6.85. The van der Waals surface area contributed by atoms with Crippen LogP contribution in [0.2, 0.25) is 0 Å². The molecular weight excluding hydrogens is 280 g/mol. The summed E-state index contributed by atoms with van der Waals surface area (Å²) in [5.74, 6) is 0.773. The van der Waals surface area contributed by atoms with E-state index in [-0.39, 0.29) is 0 Å². The number of aryl methyl sites for hydroxylation is 1. The molecule has 0 saturated carbocycles. The van der Waals surface area contributed by atoms with Crippen molar-refractivity contribution >= 4 is 21.8 Å². The van der Waals surface area contributed by atoms with Crippen LogP contribution in [0.15, 0.2) is 23.1 Å². The van der Waals surface area contributed by atoms with Gasteiger partial charge in [-0.2, -0.15) is 11.8 Å². The van der Waals surface area contributed by atoms with Gasteiger partial charge in [0, 0.05) is 18.8 Å². The molecule has 0 saturated heterocycles. The summed E-state index contributed by atoms with van der Waals surface area (Å²) in [5.41, 5.74) is 1.76. The van der Waals surface area contributed by atoms with E-state index in [1.165, 1.54) is 0 Å². The van der Waals surface area contributed by atoms with Crippen molar-refractivity contribution in [1.82, 2.24) is 10.0 Å². The fourth-order valence-corrected chi connectivity index (χ4v) is 3.43. The van der Waals surface area contributed by atoms with E-state index in [0.29, 0.717) is 18.0 Å². The largest absolute Gasteiger partial charge is 0.313 e. The Hall–Kier alpha value is -0.560. The first-order valence-electron chi connectivity index (χ1n) is 6.30. The second kappa shape index (κ2) is 7.89. The predicted octanol–water partition coefficient (Wildman–Crippen LogP) is 1.75. The highest BCUT2D eigenvalue weighted by Gasteiger charge is 2.16. The van der Waals surface area contributed by atoms with Crippen LogP contribution < -0.4 is 10.0 Å². The first-order valence-corrected chi connectivity index (χ1v) is 9.17. The van der Waals surface area contributed by atoms with Crippen LogP contribution in [0.25, 0.3) is 0 Å². The van der Waals surface area contributed by atoms with Gasteiger partial charge in [0.1, 0.15) is 0 Å². The van der Waals surface area contributed by atoms with Crippen LogP contribution >= 0.6 is 11.8 Å². The molecule has 0 bridgehead atoms. The Labute approximate surface area is 120 Å². The first kappa shape index (κ1) is 16.5. The van der Waals surface area contributed by atoms with Gasteiger partial charge < -0.3 is 5.32 Å². The number of hydrogen-bond donors (Lipinski definition) is 2. The molecule has 0 spiro atoms. The van der Waals surface area contributed by atoms with E-state index in [9.17, 15) is 8.42 Å². The molecule has 0 radical (unpaired) electrons. The molecule has 0 aliphatic heterocycles. The molecule has 0 unspecified atom stereocenters. The minimum Gasteiger partial charge on any atom is -0.313 e. The average molecular weight is 302 g/mol. The molecule has 19 heavy (non-hydrogen) atoms. The van der Waals surface area contributed by atoms with Crippen molar-refractivity contribution in [3.63, 3.8) is 0 Å². The molecule has 1 rings (SSSR count). The highest BCUT2D eigenvalue weighted by atomic mass is 32.2. The molecular formula is C13H22N2O2S2. The Morgan fingerprint density at radius 2 is 2.05 bits per heavy atom. The van der Waals surface area contributed by atoms with Gasteiger partial charge in [0.15, 0.2) is 0 Å². The standard InChI is InChI=1S/C13H22N2O2S2/c1-4-14-10-12-6-5-11(2)13(9-12)19(16,17)15-7-8-18-3/h5-6,9,14-15H,4,7-8,10H2,1-3H3. The van der Waals surface area contributed by atoms with E-state index in [1.54, 1.807) is 17.8 Å². The average Bonchev–Trinajstić information content (AvgIpc) is 2.37. The Bertz CT molecular complexity index is 501. The minimum atomic E-state index is -3.40. The Balaban J connectivity index is 2.91. The summed E-state index contributed by atoms with van der Waals surface area (Å²) >= 11 is 1.62. The molecule has 0 amide bonds. The lowest BCUT2D eigenvalue weighted by Crippen LogP contribution is -2.27. The van der Waals surface area contributed by atoms with Crippen molar-refractivity contribution in [3.05, 3.63) is 29.3 Å². The fraction of sp³-hybridized carbons (Fsp3) is 0.538. The summed E-state index contributed by atoms with van der Waals surface area (Å²) in [4.78, 5) is 0.379. The lowest BCUT2D eigenvalue weighted by molar-refractivity contribution is 0.583. The number of sulfonamides is 1. The summed E-state index contributed by atoms with van der Waals surface area (Å²) in [5, 5.41) is 3.20. The molecule has 6 heteroatoms. The van der Waals surface area contributed by atoms with Crippen LogP contribution in [-0.2, 0) is 16.6 Å². The topological polar surface area (TPSA) is 58.2 Å². The summed E-state index contributed by atoms with van der Waals surface area (Å²) < 4.78 is 27.1. The zero-order valence-corrected chi connectivity index (χ0v) is 13.3. The molecule has 4 nitrogen and oxygen atoms in total. The van der Waals surface area contributed by atoms with E-state index in [0.717, 1.165) is 23.4 Å². The lowest BCUT2D eigenvalue weighted by atomic mass is 10.1. The van der Waals surface area contributed by atoms with E-state index in [4.69, 9.17) is 0 Å². The molecule has 2 N–H and O–H groups in total. The predicted molar refractivity (Wildman–Crippen MR) is 82.1 cm³/mol. The third kappa shape index (κ3) is 5.14. The summed E-state index contributed by atoms with van der Waals surface area (Å²) in [7, 11) is -3.40. The fourth-order valence-electron chi connectivity index (χ4n) is 1.67. The first-order chi connectivity index (χ1) is 9.01.